The highest BCUT2D eigenvalue weighted by molar-refractivity contribution is 5.66. The van der Waals surface area contributed by atoms with Crippen LogP contribution in [0.4, 0.5) is 0 Å². The molecule has 0 aliphatic carbocycles. The molecule has 5 heteroatoms. The second kappa shape index (κ2) is 7.54. The van der Waals surface area contributed by atoms with Crippen LogP contribution in [0, 0.1) is 0 Å². The van der Waals surface area contributed by atoms with Gasteiger partial charge in [0.25, 0.3) is 0 Å². The minimum Gasteiger partial charge on any atom is -0.434 e. The first-order chi connectivity index (χ1) is 6.20. The van der Waals surface area contributed by atoms with Crippen molar-refractivity contribution in [1.29, 1.82) is 0 Å². The molecule has 13 heavy (non-hydrogen) atoms. The van der Waals surface area contributed by atoms with Gasteiger partial charge in [0.05, 0.1) is 13.2 Å². The average molecular weight is 189 g/mol. The van der Waals surface area contributed by atoms with E-state index in [1.807, 2.05) is 6.92 Å². The van der Waals surface area contributed by atoms with Crippen LogP contribution in [0.2, 0.25) is 0 Å². The zero-order valence-electron chi connectivity index (χ0n) is 7.91. The van der Waals surface area contributed by atoms with E-state index in [1.54, 1.807) is 0 Å². The van der Waals surface area contributed by atoms with Gasteiger partial charge in [-0.2, -0.15) is 0 Å². The van der Waals surface area contributed by atoms with Crippen LogP contribution in [0.1, 0.15) is 20.3 Å². The molecule has 0 saturated heterocycles. The molecule has 0 unspecified atom stereocenters. The Morgan fingerprint density at radius 2 is 2.31 bits per heavy atom. The molecule has 0 fully saturated rings. The van der Waals surface area contributed by atoms with Gasteiger partial charge in [-0.1, -0.05) is 6.92 Å². The van der Waals surface area contributed by atoms with E-state index in [0.29, 0.717) is 13.0 Å². The van der Waals surface area contributed by atoms with Crippen LogP contribution in [0.5, 0.6) is 0 Å². The molecule has 0 spiro atoms. The number of rotatable bonds is 7. The molecule has 0 aliphatic heterocycles. The third-order valence-corrected chi connectivity index (χ3v) is 1.17. The van der Waals surface area contributed by atoms with Crippen molar-refractivity contribution in [3.05, 3.63) is 0 Å². The Balaban J connectivity index is 3.72. The van der Waals surface area contributed by atoms with Crippen molar-refractivity contribution in [3.63, 3.8) is 0 Å². The summed E-state index contributed by atoms with van der Waals surface area (Å²) in [5.41, 5.74) is 0. The number of hydrogen-bond acceptors (Lipinski definition) is 4. The van der Waals surface area contributed by atoms with Gasteiger partial charge in [-0.05, 0) is 6.42 Å². The van der Waals surface area contributed by atoms with Gasteiger partial charge in [0.15, 0.2) is 0 Å². The lowest BCUT2D eigenvalue weighted by Gasteiger charge is -2.16. The Morgan fingerprint density at radius 1 is 1.62 bits per heavy atom. The lowest BCUT2D eigenvalue weighted by molar-refractivity contribution is -0.175. The summed E-state index contributed by atoms with van der Waals surface area (Å²) in [6.45, 7) is 3.92. The molecular weight excluding hydrogens is 174 g/mol. The fourth-order valence-corrected chi connectivity index (χ4v) is 0.713. The average Bonchev–Trinajstić information content (AvgIpc) is 2.09. The molecule has 0 radical (unpaired) electrons. The molecule has 0 rings (SSSR count). The first kappa shape index (κ1) is 11.9. The molecule has 0 saturated carbocycles. The molecule has 1 atom stereocenters. The van der Waals surface area contributed by atoms with E-state index < -0.39 is 12.3 Å². The van der Waals surface area contributed by atoms with Crippen LogP contribution in [-0.2, 0) is 19.1 Å². The van der Waals surface area contributed by atoms with Crippen LogP contribution < -0.4 is 5.32 Å². The largest absolute Gasteiger partial charge is 0.434 e. The van der Waals surface area contributed by atoms with Crippen molar-refractivity contribution < 1.29 is 19.1 Å². The van der Waals surface area contributed by atoms with Crippen molar-refractivity contribution in [1.82, 2.24) is 5.32 Å². The highest BCUT2D eigenvalue weighted by Gasteiger charge is 2.10. The number of esters is 1. The van der Waals surface area contributed by atoms with Crippen molar-refractivity contribution in [2.24, 2.45) is 0 Å². The second-order valence-corrected chi connectivity index (χ2v) is 2.44. The minimum atomic E-state index is -0.678. The van der Waals surface area contributed by atoms with E-state index in [4.69, 9.17) is 9.47 Å². The van der Waals surface area contributed by atoms with Crippen LogP contribution in [-0.4, -0.2) is 31.8 Å². The second-order valence-electron chi connectivity index (χ2n) is 2.44. The van der Waals surface area contributed by atoms with E-state index in [1.165, 1.54) is 6.92 Å². The summed E-state index contributed by atoms with van der Waals surface area (Å²) in [6.07, 6.45) is 0.688. The maximum Gasteiger partial charge on any atom is 0.305 e. The summed E-state index contributed by atoms with van der Waals surface area (Å²) < 4.78 is 9.91. The molecule has 0 aromatic heterocycles. The summed E-state index contributed by atoms with van der Waals surface area (Å²) in [5, 5.41) is 2.38. The summed E-state index contributed by atoms with van der Waals surface area (Å²) in [7, 11) is 0. The molecule has 0 bridgehead atoms. The van der Waals surface area contributed by atoms with Gasteiger partial charge in [-0.25, -0.2) is 0 Å². The minimum absolute atomic E-state index is 0.184. The highest BCUT2D eigenvalue weighted by atomic mass is 16.7. The van der Waals surface area contributed by atoms with Crippen LogP contribution in [0.3, 0.4) is 0 Å². The third kappa shape index (κ3) is 7.27. The van der Waals surface area contributed by atoms with Crippen molar-refractivity contribution in [2.75, 3.05) is 13.2 Å². The molecule has 0 aliphatic rings. The van der Waals surface area contributed by atoms with Crippen LogP contribution in [0.25, 0.3) is 0 Å². The Labute approximate surface area is 77.4 Å². The summed E-state index contributed by atoms with van der Waals surface area (Å²) >= 11 is 0. The van der Waals surface area contributed by atoms with Crippen LogP contribution >= 0.6 is 0 Å². The molecular formula is C8H15NO4. The van der Waals surface area contributed by atoms with Crippen molar-refractivity contribution in [3.8, 4) is 0 Å². The highest BCUT2D eigenvalue weighted by Crippen LogP contribution is 1.95. The van der Waals surface area contributed by atoms with Gasteiger partial charge in [-0.3, -0.25) is 9.59 Å². The Kier molecular flexibility index (Phi) is 6.91. The number of nitrogens with one attached hydrogen (secondary N) is 1. The van der Waals surface area contributed by atoms with Gasteiger partial charge in [0.1, 0.15) is 0 Å². The first-order valence-electron chi connectivity index (χ1n) is 4.16. The molecule has 1 amide bonds. The number of amides is 1. The van der Waals surface area contributed by atoms with Gasteiger partial charge >= 0.3 is 5.97 Å². The fraction of sp³-hybridized carbons (Fsp3) is 0.750. The third-order valence-electron chi connectivity index (χ3n) is 1.17. The molecule has 0 aromatic rings. The standard InChI is InChI=1S/C8H15NO4/c1-3-4-12-8(5-9-6-10)13-7(2)11/h6,8H,3-5H2,1-2H3,(H,9,10)/t8-/m1/s1. The van der Waals surface area contributed by atoms with Gasteiger partial charge in [0, 0.05) is 6.92 Å². The Hall–Kier alpha value is -1.10. The van der Waals surface area contributed by atoms with E-state index in [0.717, 1.165) is 6.42 Å². The first-order valence-corrected chi connectivity index (χ1v) is 4.16. The van der Waals surface area contributed by atoms with Gasteiger partial charge in [-0.15, -0.1) is 0 Å². The maximum absolute atomic E-state index is 10.6. The summed E-state index contributed by atoms with van der Waals surface area (Å²) in [4.78, 5) is 20.5. The van der Waals surface area contributed by atoms with E-state index in [-0.39, 0.29) is 6.54 Å². The number of ether oxygens (including phenoxy) is 2. The maximum atomic E-state index is 10.6. The predicted molar refractivity (Wildman–Crippen MR) is 45.9 cm³/mol. The molecule has 76 valence electrons. The molecule has 5 nitrogen and oxygen atoms in total. The van der Waals surface area contributed by atoms with Crippen LogP contribution in [0.15, 0.2) is 0 Å². The number of carbonyl (C=O) groups is 2. The zero-order chi connectivity index (χ0) is 10.1. The summed E-state index contributed by atoms with van der Waals surface area (Å²) in [5.74, 6) is -0.422. The lowest BCUT2D eigenvalue weighted by atomic mass is 10.5. The van der Waals surface area contributed by atoms with E-state index in [9.17, 15) is 9.59 Å². The fourth-order valence-electron chi connectivity index (χ4n) is 0.713. The van der Waals surface area contributed by atoms with Gasteiger partial charge < -0.3 is 14.8 Å². The quantitative estimate of drug-likeness (QED) is 0.349. The predicted octanol–water partition coefficient (Wildman–Crippen LogP) is 0.0482. The van der Waals surface area contributed by atoms with E-state index >= 15 is 0 Å². The van der Waals surface area contributed by atoms with Crippen molar-refractivity contribution in [2.45, 2.75) is 26.6 Å². The van der Waals surface area contributed by atoms with Crippen molar-refractivity contribution >= 4 is 12.4 Å². The summed E-state index contributed by atoms with van der Waals surface area (Å²) in [6, 6.07) is 0. The zero-order valence-corrected chi connectivity index (χ0v) is 7.91. The Bertz CT molecular complexity index is 160. The SMILES string of the molecule is CCCO[C@@H](CNC=O)OC(C)=O. The smallest absolute Gasteiger partial charge is 0.305 e. The molecule has 0 aromatic carbocycles. The topological polar surface area (TPSA) is 64.6 Å². The Morgan fingerprint density at radius 3 is 2.77 bits per heavy atom. The normalized spacial score (nSPS) is 11.8. The number of hydrogen-bond donors (Lipinski definition) is 1. The monoisotopic (exact) mass is 189 g/mol. The number of carbonyl (C=O) groups excluding carboxylic acids is 2. The van der Waals surface area contributed by atoms with E-state index in [2.05, 4.69) is 5.32 Å². The van der Waals surface area contributed by atoms with Gasteiger partial charge in [0.2, 0.25) is 12.7 Å². The molecule has 0 heterocycles. The molecule has 1 N–H and O–H groups in total. The lowest BCUT2D eigenvalue weighted by Crippen LogP contribution is -2.32.